The van der Waals surface area contributed by atoms with Gasteiger partial charge in [-0.05, 0) is 12.8 Å². The Morgan fingerprint density at radius 2 is 1.46 bits per heavy atom. The molecule has 0 bridgehead atoms. The van der Waals surface area contributed by atoms with E-state index in [2.05, 4.69) is 13.8 Å². The second-order valence-corrected chi connectivity index (χ2v) is 3.34. The fraction of sp³-hybridized carbons (Fsp3) is 1.00. The minimum absolute atomic E-state index is 0.209. The fourth-order valence-corrected chi connectivity index (χ4v) is 1.03. The largest absolute Gasteiger partial charge is 0.472 e. The summed E-state index contributed by atoms with van der Waals surface area (Å²) >= 11 is 5.68. The van der Waals surface area contributed by atoms with Gasteiger partial charge in [-0.15, -0.1) is 11.6 Å². The van der Waals surface area contributed by atoms with Crippen molar-refractivity contribution in [1.29, 1.82) is 0 Å². The van der Waals surface area contributed by atoms with Crippen LogP contribution in [0.1, 0.15) is 39.5 Å². The zero-order valence-electron chi connectivity index (χ0n) is 8.72. The standard InChI is InChI=1S/C9H20BClO2/c1-3-5-7-12-10(9-11)13-8-6-4-2/h3-9H2,1-2H3. The van der Waals surface area contributed by atoms with Crippen LogP contribution >= 0.6 is 11.6 Å². The van der Waals surface area contributed by atoms with Gasteiger partial charge in [0.05, 0.1) is 5.78 Å². The first-order chi connectivity index (χ1) is 6.35. The van der Waals surface area contributed by atoms with Crippen LogP contribution in [-0.4, -0.2) is 26.1 Å². The lowest BCUT2D eigenvalue weighted by Gasteiger charge is -2.11. The van der Waals surface area contributed by atoms with E-state index in [1.807, 2.05) is 0 Å². The van der Waals surface area contributed by atoms with E-state index in [4.69, 9.17) is 20.9 Å². The molecule has 0 fully saturated rings. The van der Waals surface area contributed by atoms with E-state index in [1.54, 1.807) is 0 Å². The van der Waals surface area contributed by atoms with Crippen molar-refractivity contribution in [3.8, 4) is 0 Å². The second-order valence-electron chi connectivity index (χ2n) is 3.03. The van der Waals surface area contributed by atoms with Crippen LogP contribution in [0.25, 0.3) is 0 Å². The van der Waals surface area contributed by atoms with Crippen LogP contribution in [-0.2, 0) is 9.31 Å². The summed E-state index contributed by atoms with van der Waals surface area (Å²) in [6.07, 6.45) is 4.43. The minimum Gasteiger partial charge on any atom is -0.410 e. The van der Waals surface area contributed by atoms with Gasteiger partial charge < -0.3 is 9.31 Å². The monoisotopic (exact) mass is 206 g/mol. The molecule has 0 aliphatic carbocycles. The van der Waals surface area contributed by atoms with Crippen molar-refractivity contribution >= 4 is 18.7 Å². The van der Waals surface area contributed by atoms with Crippen molar-refractivity contribution < 1.29 is 9.31 Å². The van der Waals surface area contributed by atoms with Crippen molar-refractivity contribution in [1.82, 2.24) is 0 Å². The molecule has 4 heteroatoms. The summed E-state index contributed by atoms with van der Waals surface area (Å²) in [5.41, 5.74) is 0. The summed E-state index contributed by atoms with van der Waals surface area (Å²) in [5, 5.41) is 0. The predicted molar refractivity (Wildman–Crippen MR) is 58.2 cm³/mol. The van der Waals surface area contributed by atoms with Crippen LogP contribution in [0.2, 0.25) is 0 Å². The Kier molecular flexibility index (Phi) is 10.6. The molecule has 0 aromatic carbocycles. The van der Waals surface area contributed by atoms with E-state index in [-0.39, 0.29) is 7.12 Å². The molecule has 0 radical (unpaired) electrons. The summed E-state index contributed by atoms with van der Waals surface area (Å²) in [5.74, 6) is 0.424. The van der Waals surface area contributed by atoms with E-state index in [0.29, 0.717) is 5.78 Å². The highest BCUT2D eigenvalue weighted by molar-refractivity contribution is 6.56. The zero-order valence-corrected chi connectivity index (χ0v) is 9.48. The highest BCUT2D eigenvalue weighted by Crippen LogP contribution is 1.98. The summed E-state index contributed by atoms with van der Waals surface area (Å²) < 4.78 is 10.8. The number of alkyl halides is 1. The number of hydrogen-bond donors (Lipinski definition) is 0. The Morgan fingerprint density at radius 1 is 1.00 bits per heavy atom. The maximum absolute atomic E-state index is 5.68. The normalized spacial score (nSPS) is 10.4. The molecule has 0 atom stereocenters. The minimum atomic E-state index is -0.209. The Hall–Kier alpha value is 0.275. The third-order valence-electron chi connectivity index (χ3n) is 1.73. The van der Waals surface area contributed by atoms with Gasteiger partial charge in [0, 0.05) is 13.2 Å². The topological polar surface area (TPSA) is 18.5 Å². The van der Waals surface area contributed by atoms with Gasteiger partial charge in [-0.2, -0.15) is 0 Å². The summed E-state index contributed by atoms with van der Waals surface area (Å²) in [4.78, 5) is 0. The fourth-order valence-electron chi connectivity index (χ4n) is 0.855. The molecule has 0 unspecified atom stereocenters. The molecule has 13 heavy (non-hydrogen) atoms. The lowest BCUT2D eigenvalue weighted by molar-refractivity contribution is 0.196. The van der Waals surface area contributed by atoms with E-state index in [9.17, 15) is 0 Å². The molecule has 0 spiro atoms. The van der Waals surface area contributed by atoms with Gasteiger partial charge >= 0.3 is 7.12 Å². The first-order valence-electron chi connectivity index (χ1n) is 5.14. The van der Waals surface area contributed by atoms with Gasteiger partial charge in [0.15, 0.2) is 0 Å². The predicted octanol–water partition coefficient (Wildman–Crippen LogP) is 2.89. The van der Waals surface area contributed by atoms with E-state index in [1.165, 1.54) is 0 Å². The molecule has 0 aliphatic heterocycles. The van der Waals surface area contributed by atoms with Gasteiger partial charge in [0.2, 0.25) is 0 Å². The van der Waals surface area contributed by atoms with Gasteiger partial charge in [0.1, 0.15) is 0 Å². The molecule has 0 heterocycles. The molecule has 0 N–H and O–H groups in total. The van der Waals surface area contributed by atoms with E-state index < -0.39 is 0 Å². The van der Waals surface area contributed by atoms with E-state index in [0.717, 1.165) is 38.9 Å². The number of unbranched alkanes of at least 4 members (excludes halogenated alkanes) is 2. The Morgan fingerprint density at radius 3 is 1.77 bits per heavy atom. The molecule has 78 valence electrons. The molecular weight excluding hydrogens is 186 g/mol. The maximum Gasteiger partial charge on any atom is 0.472 e. The van der Waals surface area contributed by atoms with Gasteiger partial charge in [0.25, 0.3) is 0 Å². The maximum atomic E-state index is 5.68. The van der Waals surface area contributed by atoms with Crippen molar-refractivity contribution in [2.75, 3.05) is 19.0 Å². The molecule has 0 aliphatic rings. The number of rotatable bonds is 9. The molecule has 2 nitrogen and oxygen atoms in total. The third-order valence-corrected chi connectivity index (χ3v) is 1.98. The summed E-state index contributed by atoms with van der Waals surface area (Å²) in [7, 11) is -0.209. The Bertz CT molecular complexity index is 93.6. The van der Waals surface area contributed by atoms with E-state index >= 15 is 0 Å². The smallest absolute Gasteiger partial charge is 0.410 e. The Balaban J connectivity index is 3.28. The number of halogens is 1. The third kappa shape index (κ3) is 8.60. The van der Waals surface area contributed by atoms with Crippen LogP contribution in [0.3, 0.4) is 0 Å². The molecule has 0 saturated heterocycles. The van der Waals surface area contributed by atoms with Crippen LogP contribution in [0, 0.1) is 0 Å². The second kappa shape index (κ2) is 10.4. The van der Waals surface area contributed by atoms with Crippen LogP contribution in [0.5, 0.6) is 0 Å². The van der Waals surface area contributed by atoms with Crippen LogP contribution in [0.4, 0.5) is 0 Å². The summed E-state index contributed by atoms with van der Waals surface area (Å²) in [6, 6.07) is 0. The highest BCUT2D eigenvalue weighted by Gasteiger charge is 2.15. The molecule has 0 aromatic heterocycles. The SMILES string of the molecule is CCCCOB(CCl)OCCCC. The lowest BCUT2D eigenvalue weighted by Crippen LogP contribution is -2.26. The number of hydrogen-bond acceptors (Lipinski definition) is 2. The van der Waals surface area contributed by atoms with Gasteiger partial charge in [-0.1, -0.05) is 26.7 Å². The quantitative estimate of drug-likeness (QED) is 0.328. The van der Waals surface area contributed by atoms with Gasteiger partial charge in [-0.3, -0.25) is 0 Å². The average molecular weight is 207 g/mol. The van der Waals surface area contributed by atoms with Crippen molar-refractivity contribution in [3.63, 3.8) is 0 Å². The van der Waals surface area contributed by atoms with Crippen molar-refractivity contribution in [3.05, 3.63) is 0 Å². The van der Waals surface area contributed by atoms with Crippen LogP contribution in [0.15, 0.2) is 0 Å². The van der Waals surface area contributed by atoms with Crippen molar-refractivity contribution in [2.24, 2.45) is 0 Å². The van der Waals surface area contributed by atoms with Gasteiger partial charge in [-0.25, -0.2) is 0 Å². The molecular formula is C9H20BClO2. The van der Waals surface area contributed by atoms with Crippen LogP contribution < -0.4 is 0 Å². The van der Waals surface area contributed by atoms with Crippen molar-refractivity contribution in [2.45, 2.75) is 39.5 Å². The molecule has 0 saturated carbocycles. The lowest BCUT2D eigenvalue weighted by atomic mass is 9.94. The molecule has 0 rings (SSSR count). The highest BCUT2D eigenvalue weighted by atomic mass is 35.5. The zero-order chi connectivity index (χ0) is 9.94. The molecule has 0 aromatic rings. The first-order valence-corrected chi connectivity index (χ1v) is 5.67. The Labute approximate surface area is 87.1 Å². The summed E-state index contributed by atoms with van der Waals surface area (Å²) in [6.45, 7) is 5.77. The molecule has 0 amide bonds. The average Bonchev–Trinajstić information content (AvgIpc) is 2.16. The first kappa shape index (κ1) is 13.3.